The zero-order valence-corrected chi connectivity index (χ0v) is 14.3. The molecule has 2 heterocycles. The fourth-order valence-electron chi connectivity index (χ4n) is 3.10. The van der Waals surface area contributed by atoms with E-state index in [1.807, 2.05) is 24.3 Å². The van der Waals surface area contributed by atoms with E-state index in [4.69, 9.17) is 0 Å². The number of amides is 1. The SMILES string of the molecule is Cl.O=C(CN1CCC2CCC(C1)N2)Nc1ccc(Br)cc1. The van der Waals surface area contributed by atoms with Crippen molar-refractivity contribution in [2.24, 2.45) is 0 Å². The van der Waals surface area contributed by atoms with Crippen LogP contribution < -0.4 is 10.6 Å². The summed E-state index contributed by atoms with van der Waals surface area (Å²) in [5, 5.41) is 6.59. The minimum Gasteiger partial charge on any atom is -0.325 e. The molecule has 2 fully saturated rings. The highest BCUT2D eigenvalue weighted by molar-refractivity contribution is 9.10. The molecule has 0 saturated carbocycles. The Kier molecular flexibility index (Phi) is 6.05. The van der Waals surface area contributed by atoms with Gasteiger partial charge in [0.25, 0.3) is 0 Å². The molecule has 2 saturated heterocycles. The number of rotatable bonds is 3. The Morgan fingerprint density at radius 1 is 1.24 bits per heavy atom. The van der Waals surface area contributed by atoms with E-state index >= 15 is 0 Å². The van der Waals surface area contributed by atoms with Gasteiger partial charge >= 0.3 is 0 Å². The summed E-state index contributed by atoms with van der Waals surface area (Å²) < 4.78 is 1.02. The highest BCUT2D eigenvalue weighted by Gasteiger charge is 2.29. The quantitative estimate of drug-likeness (QED) is 0.855. The van der Waals surface area contributed by atoms with Crippen LogP contribution in [-0.4, -0.2) is 42.5 Å². The smallest absolute Gasteiger partial charge is 0.238 e. The molecule has 0 aromatic heterocycles. The first-order chi connectivity index (χ1) is 9.69. The van der Waals surface area contributed by atoms with Crippen LogP contribution in [0, 0.1) is 0 Å². The number of halogens is 2. The maximum atomic E-state index is 12.1. The average molecular weight is 375 g/mol. The second-order valence-electron chi connectivity index (χ2n) is 5.72. The molecule has 1 amide bonds. The third-order valence-electron chi connectivity index (χ3n) is 4.10. The summed E-state index contributed by atoms with van der Waals surface area (Å²) in [6.07, 6.45) is 3.70. The van der Waals surface area contributed by atoms with Gasteiger partial charge in [0.1, 0.15) is 0 Å². The number of nitrogens with one attached hydrogen (secondary N) is 2. The number of hydrogen-bond donors (Lipinski definition) is 2. The molecule has 4 nitrogen and oxygen atoms in total. The zero-order chi connectivity index (χ0) is 13.9. The molecule has 1 aromatic carbocycles. The van der Waals surface area contributed by atoms with E-state index in [-0.39, 0.29) is 18.3 Å². The van der Waals surface area contributed by atoms with Gasteiger partial charge in [0, 0.05) is 35.3 Å². The first kappa shape index (κ1) is 16.7. The molecule has 2 bridgehead atoms. The van der Waals surface area contributed by atoms with Gasteiger partial charge in [-0.15, -0.1) is 12.4 Å². The van der Waals surface area contributed by atoms with Crippen LogP contribution >= 0.6 is 28.3 Å². The highest BCUT2D eigenvalue weighted by Crippen LogP contribution is 2.20. The standard InChI is InChI=1S/C15H20BrN3O.ClH/c16-11-1-3-12(4-2-11)18-15(20)10-19-8-7-13-5-6-14(9-19)17-13;/h1-4,13-14,17H,5-10H2,(H,18,20);1H. The van der Waals surface area contributed by atoms with Crippen molar-refractivity contribution in [1.29, 1.82) is 0 Å². The van der Waals surface area contributed by atoms with Gasteiger partial charge in [-0.05, 0) is 43.5 Å². The summed E-state index contributed by atoms with van der Waals surface area (Å²) in [5.74, 6) is 0.0742. The number of anilines is 1. The third-order valence-corrected chi connectivity index (χ3v) is 4.63. The summed E-state index contributed by atoms with van der Waals surface area (Å²) in [6, 6.07) is 8.93. The molecule has 2 unspecified atom stereocenters. The van der Waals surface area contributed by atoms with Crippen LogP contribution in [0.25, 0.3) is 0 Å². The first-order valence-corrected chi connectivity index (χ1v) is 8.02. The third kappa shape index (κ3) is 4.68. The van der Waals surface area contributed by atoms with Crippen molar-refractivity contribution in [3.8, 4) is 0 Å². The van der Waals surface area contributed by atoms with Crippen LogP contribution in [0.3, 0.4) is 0 Å². The monoisotopic (exact) mass is 373 g/mol. The molecule has 0 aliphatic carbocycles. The summed E-state index contributed by atoms with van der Waals surface area (Å²) in [5.41, 5.74) is 0.854. The Hall–Kier alpha value is -0.620. The van der Waals surface area contributed by atoms with Crippen molar-refractivity contribution in [3.63, 3.8) is 0 Å². The Morgan fingerprint density at radius 2 is 1.95 bits per heavy atom. The zero-order valence-electron chi connectivity index (χ0n) is 11.8. The van der Waals surface area contributed by atoms with Crippen molar-refractivity contribution in [1.82, 2.24) is 10.2 Å². The van der Waals surface area contributed by atoms with Gasteiger partial charge in [-0.3, -0.25) is 9.69 Å². The highest BCUT2D eigenvalue weighted by atomic mass is 79.9. The number of benzene rings is 1. The lowest BCUT2D eigenvalue weighted by molar-refractivity contribution is -0.117. The van der Waals surface area contributed by atoms with Crippen LogP contribution in [0.5, 0.6) is 0 Å². The summed E-state index contributed by atoms with van der Waals surface area (Å²) in [4.78, 5) is 14.4. The van der Waals surface area contributed by atoms with Gasteiger partial charge in [0.2, 0.25) is 5.91 Å². The predicted molar refractivity (Wildman–Crippen MR) is 91.0 cm³/mol. The molecule has 0 radical (unpaired) electrons. The molecule has 116 valence electrons. The number of carbonyl (C=O) groups is 1. The van der Waals surface area contributed by atoms with E-state index in [1.165, 1.54) is 12.8 Å². The van der Waals surface area contributed by atoms with Crippen LogP contribution in [0.1, 0.15) is 19.3 Å². The number of likely N-dealkylation sites (tertiary alicyclic amines) is 1. The van der Waals surface area contributed by atoms with E-state index in [0.717, 1.165) is 29.7 Å². The molecule has 2 aliphatic rings. The lowest BCUT2D eigenvalue weighted by atomic mass is 10.1. The van der Waals surface area contributed by atoms with Gasteiger partial charge < -0.3 is 10.6 Å². The van der Waals surface area contributed by atoms with Crippen molar-refractivity contribution < 1.29 is 4.79 Å². The van der Waals surface area contributed by atoms with Gasteiger partial charge in [-0.2, -0.15) is 0 Å². The summed E-state index contributed by atoms with van der Waals surface area (Å²) in [6.45, 7) is 2.49. The molecule has 1 aromatic rings. The Bertz CT molecular complexity index is 482. The fourth-order valence-corrected chi connectivity index (χ4v) is 3.36. The topological polar surface area (TPSA) is 44.4 Å². The van der Waals surface area contributed by atoms with Crippen molar-refractivity contribution >= 4 is 39.9 Å². The molecule has 2 N–H and O–H groups in total. The molecule has 0 spiro atoms. The van der Waals surface area contributed by atoms with E-state index in [2.05, 4.69) is 31.5 Å². The maximum Gasteiger partial charge on any atom is 0.238 e. The lowest BCUT2D eigenvalue weighted by Crippen LogP contribution is -2.39. The van der Waals surface area contributed by atoms with Crippen molar-refractivity contribution in [2.75, 3.05) is 25.0 Å². The summed E-state index contributed by atoms with van der Waals surface area (Å²) >= 11 is 3.39. The van der Waals surface area contributed by atoms with Crippen LogP contribution in [0.15, 0.2) is 28.7 Å². The van der Waals surface area contributed by atoms with Gasteiger partial charge in [-0.25, -0.2) is 0 Å². The van der Waals surface area contributed by atoms with E-state index in [9.17, 15) is 4.79 Å². The predicted octanol–water partition coefficient (Wildman–Crippen LogP) is 2.64. The number of nitrogens with zero attached hydrogens (tertiary/aromatic N) is 1. The van der Waals surface area contributed by atoms with Crippen molar-refractivity contribution in [3.05, 3.63) is 28.7 Å². The second kappa shape index (κ2) is 7.58. The second-order valence-corrected chi connectivity index (χ2v) is 6.63. The van der Waals surface area contributed by atoms with Crippen LogP contribution in [0.4, 0.5) is 5.69 Å². The van der Waals surface area contributed by atoms with E-state index in [0.29, 0.717) is 18.6 Å². The Morgan fingerprint density at radius 3 is 2.71 bits per heavy atom. The largest absolute Gasteiger partial charge is 0.325 e. The number of fused-ring (bicyclic) bond motifs is 2. The van der Waals surface area contributed by atoms with Gasteiger partial charge in [0.15, 0.2) is 0 Å². The van der Waals surface area contributed by atoms with E-state index in [1.54, 1.807) is 0 Å². The minimum absolute atomic E-state index is 0. The van der Waals surface area contributed by atoms with Gasteiger partial charge in [0.05, 0.1) is 6.54 Å². The first-order valence-electron chi connectivity index (χ1n) is 7.23. The summed E-state index contributed by atoms with van der Waals surface area (Å²) in [7, 11) is 0. The molecule has 3 rings (SSSR count). The lowest BCUT2D eigenvalue weighted by Gasteiger charge is -2.23. The minimum atomic E-state index is 0. The molecule has 6 heteroatoms. The average Bonchev–Trinajstić information content (AvgIpc) is 2.76. The normalized spacial score (nSPS) is 25.0. The maximum absolute atomic E-state index is 12.1. The fraction of sp³-hybridized carbons (Fsp3) is 0.533. The molecule has 21 heavy (non-hydrogen) atoms. The molecule has 2 atom stereocenters. The van der Waals surface area contributed by atoms with Crippen LogP contribution in [-0.2, 0) is 4.79 Å². The Balaban J connectivity index is 0.00000161. The van der Waals surface area contributed by atoms with Gasteiger partial charge in [-0.1, -0.05) is 15.9 Å². The number of hydrogen-bond acceptors (Lipinski definition) is 3. The number of carbonyl (C=O) groups excluding carboxylic acids is 1. The molecule has 2 aliphatic heterocycles. The van der Waals surface area contributed by atoms with E-state index < -0.39 is 0 Å². The van der Waals surface area contributed by atoms with Crippen LogP contribution in [0.2, 0.25) is 0 Å². The Labute approximate surface area is 140 Å². The molecular formula is C15H21BrClN3O. The molecular weight excluding hydrogens is 354 g/mol. The van der Waals surface area contributed by atoms with Crippen molar-refractivity contribution in [2.45, 2.75) is 31.3 Å².